The maximum Gasteiger partial charge on any atom is 0.230 e. The first-order chi connectivity index (χ1) is 9.28. The number of rotatable bonds is 3. The Kier molecular flexibility index (Phi) is 3.25. The van der Waals surface area contributed by atoms with Crippen molar-refractivity contribution < 1.29 is 8.91 Å². The highest BCUT2D eigenvalue weighted by molar-refractivity contribution is 5.47. The largest absolute Gasteiger partial charge is 0.339 e. The summed E-state index contributed by atoms with van der Waals surface area (Å²) >= 11 is 0. The Hall–Kier alpha value is -1.82. The van der Waals surface area contributed by atoms with Gasteiger partial charge in [0.15, 0.2) is 0 Å². The number of pyridine rings is 1. The van der Waals surface area contributed by atoms with Gasteiger partial charge in [-0.2, -0.15) is 4.98 Å². The van der Waals surface area contributed by atoms with Crippen LogP contribution >= 0.6 is 0 Å². The Balaban J connectivity index is 1.85. The van der Waals surface area contributed by atoms with Gasteiger partial charge in [-0.15, -0.1) is 0 Å². The second-order valence-electron chi connectivity index (χ2n) is 4.85. The molecule has 100 valence electrons. The molecule has 3 rings (SSSR count). The summed E-state index contributed by atoms with van der Waals surface area (Å²) in [6, 6.07) is 2.87. The van der Waals surface area contributed by atoms with Gasteiger partial charge in [0.1, 0.15) is 11.5 Å². The first-order valence-electron chi connectivity index (χ1n) is 6.43. The molecule has 2 N–H and O–H groups in total. The molecule has 19 heavy (non-hydrogen) atoms. The zero-order chi connectivity index (χ0) is 13.2. The quantitative estimate of drug-likeness (QED) is 0.916. The maximum atomic E-state index is 12.8. The number of hydrogen-bond acceptors (Lipinski definition) is 5. The van der Waals surface area contributed by atoms with Crippen molar-refractivity contribution >= 4 is 0 Å². The van der Waals surface area contributed by atoms with Gasteiger partial charge in [0.05, 0.1) is 6.20 Å². The Bertz CT molecular complexity index is 554. The highest BCUT2D eigenvalue weighted by Crippen LogP contribution is 2.38. The van der Waals surface area contributed by atoms with Crippen molar-refractivity contribution in [1.82, 2.24) is 15.1 Å². The van der Waals surface area contributed by atoms with Gasteiger partial charge in [-0.3, -0.25) is 0 Å². The van der Waals surface area contributed by atoms with Crippen LogP contribution in [-0.4, -0.2) is 21.7 Å². The summed E-state index contributed by atoms with van der Waals surface area (Å²) in [6.45, 7) is 0.636. The lowest BCUT2D eigenvalue weighted by Gasteiger charge is -2.12. The summed E-state index contributed by atoms with van der Waals surface area (Å²) in [5.41, 5.74) is 6.26. The Morgan fingerprint density at radius 2 is 2.26 bits per heavy atom. The number of hydrogen-bond donors (Lipinski definition) is 1. The van der Waals surface area contributed by atoms with E-state index in [4.69, 9.17) is 10.3 Å². The molecular weight excluding hydrogens is 247 g/mol. The molecule has 5 nitrogen and oxygen atoms in total. The van der Waals surface area contributed by atoms with Crippen molar-refractivity contribution in [2.75, 3.05) is 6.54 Å². The molecule has 2 heterocycles. The Labute approximate surface area is 110 Å². The van der Waals surface area contributed by atoms with Crippen LogP contribution in [0.3, 0.4) is 0 Å². The highest BCUT2D eigenvalue weighted by atomic mass is 19.1. The van der Waals surface area contributed by atoms with E-state index in [2.05, 4.69) is 15.1 Å². The van der Waals surface area contributed by atoms with Crippen LogP contribution in [0.15, 0.2) is 22.9 Å². The highest BCUT2D eigenvalue weighted by Gasteiger charge is 2.32. The SMILES string of the molecule is NCC1CCCC1c1nc(-c2ccc(F)cn2)no1. The van der Waals surface area contributed by atoms with Crippen molar-refractivity contribution in [3.05, 3.63) is 30.0 Å². The third-order valence-electron chi connectivity index (χ3n) is 3.68. The van der Waals surface area contributed by atoms with Crippen LogP contribution in [0.25, 0.3) is 11.5 Å². The van der Waals surface area contributed by atoms with E-state index in [9.17, 15) is 4.39 Å². The molecule has 0 spiro atoms. The van der Waals surface area contributed by atoms with Crippen LogP contribution in [0.2, 0.25) is 0 Å². The molecule has 0 radical (unpaired) electrons. The lowest BCUT2D eigenvalue weighted by molar-refractivity contribution is 0.326. The van der Waals surface area contributed by atoms with Gasteiger partial charge in [0.25, 0.3) is 0 Å². The minimum Gasteiger partial charge on any atom is -0.339 e. The molecule has 1 fully saturated rings. The predicted molar refractivity (Wildman–Crippen MR) is 66.6 cm³/mol. The van der Waals surface area contributed by atoms with Gasteiger partial charge in [-0.25, -0.2) is 9.37 Å². The fourth-order valence-electron chi connectivity index (χ4n) is 2.64. The normalized spacial score (nSPS) is 22.8. The van der Waals surface area contributed by atoms with E-state index < -0.39 is 0 Å². The topological polar surface area (TPSA) is 77.8 Å². The van der Waals surface area contributed by atoms with Crippen LogP contribution < -0.4 is 5.73 Å². The van der Waals surface area contributed by atoms with Crippen molar-refractivity contribution in [2.24, 2.45) is 11.7 Å². The summed E-state index contributed by atoms with van der Waals surface area (Å²) in [6.07, 6.45) is 4.41. The van der Waals surface area contributed by atoms with Crippen molar-refractivity contribution in [3.63, 3.8) is 0 Å². The van der Waals surface area contributed by atoms with Crippen molar-refractivity contribution in [1.29, 1.82) is 0 Å². The minimum atomic E-state index is -0.383. The van der Waals surface area contributed by atoms with Crippen LogP contribution in [-0.2, 0) is 0 Å². The van der Waals surface area contributed by atoms with Gasteiger partial charge in [-0.1, -0.05) is 11.6 Å². The molecule has 6 heteroatoms. The fourth-order valence-corrected chi connectivity index (χ4v) is 2.64. The van der Waals surface area contributed by atoms with Gasteiger partial charge in [0, 0.05) is 5.92 Å². The average molecular weight is 262 g/mol. The van der Waals surface area contributed by atoms with E-state index >= 15 is 0 Å². The molecule has 2 aromatic heterocycles. The fraction of sp³-hybridized carbons (Fsp3) is 0.462. The monoisotopic (exact) mass is 262 g/mol. The van der Waals surface area contributed by atoms with E-state index in [-0.39, 0.29) is 11.7 Å². The zero-order valence-electron chi connectivity index (χ0n) is 10.4. The number of halogens is 1. The molecule has 1 saturated carbocycles. The first-order valence-corrected chi connectivity index (χ1v) is 6.43. The molecule has 0 aliphatic heterocycles. The lowest BCUT2D eigenvalue weighted by atomic mass is 9.96. The molecule has 0 amide bonds. The molecule has 0 bridgehead atoms. The predicted octanol–water partition coefficient (Wildman–Crippen LogP) is 2.11. The molecule has 2 atom stereocenters. The van der Waals surface area contributed by atoms with Crippen molar-refractivity contribution in [2.45, 2.75) is 25.2 Å². The van der Waals surface area contributed by atoms with Crippen LogP contribution in [0.1, 0.15) is 31.1 Å². The van der Waals surface area contributed by atoms with Gasteiger partial charge in [0.2, 0.25) is 11.7 Å². The summed E-state index contributed by atoms with van der Waals surface area (Å²) in [7, 11) is 0. The van der Waals surface area contributed by atoms with E-state index in [1.807, 2.05) is 0 Å². The van der Waals surface area contributed by atoms with Crippen molar-refractivity contribution in [3.8, 4) is 11.5 Å². The average Bonchev–Trinajstić information content (AvgIpc) is 3.07. The van der Waals surface area contributed by atoms with E-state index in [0.717, 1.165) is 25.5 Å². The van der Waals surface area contributed by atoms with Crippen LogP contribution in [0.4, 0.5) is 4.39 Å². The number of nitrogens with two attached hydrogens (primary N) is 1. The van der Waals surface area contributed by atoms with Gasteiger partial charge < -0.3 is 10.3 Å². The second-order valence-corrected chi connectivity index (χ2v) is 4.85. The zero-order valence-corrected chi connectivity index (χ0v) is 10.4. The summed E-state index contributed by atoms with van der Waals surface area (Å²) in [5, 5.41) is 3.92. The van der Waals surface area contributed by atoms with E-state index in [1.54, 1.807) is 6.07 Å². The third kappa shape index (κ3) is 2.35. The standard InChI is InChI=1S/C13H15FN4O/c14-9-4-5-11(16-7-9)12-17-13(19-18-12)10-3-1-2-8(10)6-15/h4-5,7-8,10H,1-3,6,15H2. The molecule has 0 saturated heterocycles. The van der Waals surface area contributed by atoms with E-state index in [0.29, 0.717) is 29.9 Å². The molecule has 1 aliphatic carbocycles. The third-order valence-corrected chi connectivity index (χ3v) is 3.68. The molecular formula is C13H15FN4O. The summed E-state index contributed by atoms with van der Waals surface area (Å²) in [4.78, 5) is 8.32. The Morgan fingerprint density at radius 1 is 1.37 bits per heavy atom. The summed E-state index contributed by atoms with van der Waals surface area (Å²) < 4.78 is 18.1. The number of aromatic nitrogens is 3. The van der Waals surface area contributed by atoms with Gasteiger partial charge in [-0.05, 0) is 37.4 Å². The second kappa shape index (κ2) is 5.05. The van der Waals surface area contributed by atoms with Gasteiger partial charge >= 0.3 is 0 Å². The van der Waals surface area contributed by atoms with E-state index in [1.165, 1.54) is 6.07 Å². The van der Waals surface area contributed by atoms with Crippen LogP contribution in [0.5, 0.6) is 0 Å². The Morgan fingerprint density at radius 3 is 3.00 bits per heavy atom. The minimum absolute atomic E-state index is 0.242. The first kappa shape index (κ1) is 12.2. The summed E-state index contributed by atoms with van der Waals surface area (Å²) in [5.74, 6) is 1.29. The van der Waals surface area contributed by atoms with Crippen LogP contribution in [0, 0.1) is 11.7 Å². The number of nitrogens with zero attached hydrogens (tertiary/aromatic N) is 3. The lowest BCUT2D eigenvalue weighted by Crippen LogP contribution is -2.17. The molecule has 0 aromatic carbocycles. The molecule has 2 unspecified atom stereocenters. The smallest absolute Gasteiger partial charge is 0.230 e. The molecule has 1 aliphatic rings. The maximum absolute atomic E-state index is 12.8. The molecule has 2 aromatic rings.